The molecule has 0 aliphatic rings. The minimum absolute atomic E-state index is 0.0174. The summed E-state index contributed by atoms with van der Waals surface area (Å²) >= 11 is 3.33. The van der Waals surface area contributed by atoms with Crippen molar-refractivity contribution in [3.8, 4) is 5.75 Å². The van der Waals surface area contributed by atoms with Gasteiger partial charge < -0.3 is 10.1 Å². The summed E-state index contributed by atoms with van der Waals surface area (Å²) in [6.45, 7) is -0.320. The van der Waals surface area contributed by atoms with E-state index in [0.717, 1.165) is 11.8 Å². The van der Waals surface area contributed by atoms with Crippen LogP contribution in [-0.2, 0) is 0 Å². The Balaban J connectivity index is 2.56. The second-order valence-corrected chi connectivity index (χ2v) is 4.99. The summed E-state index contributed by atoms with van der Waals surface area (Å²) in [5, 5.41) is 3.64. The molecule has 0 aliphatic carbocycles. The van der Waals surface area contributed by atoms with E-state index in [1.165, 1.54) is 18.2 Å². The van der Waals surface area contributed by atoms with Crippen LogP contribution in [0.15, 0.2) is 24.3 Å². The first-order valence-corrected chi connectivity index (χ1v) is 7.04. The van der Waals surface area contributed by atoms with Gasteiger partial charge in [0.1, 0.15) is 5.75 Å². The summed E-state index contributed by atoms with van der Waals surface area (Å²) < 4.78 is 28.4. The second kappa shape index (κ2) is 8.09. The minimum atomic E-state index is -2.89. The van der Waals surface area contributed by atoms with Gasteiger partial charge in [0, 0.05) is 17.4 Å². The molecule has 1 unspecified atom stereocenters. The number of nitrogens with one attached hydrogen (secondary N) is 1. The van der Waals surface area contributed by atoms with Crippen molar-refractivity contribution in [3.63, 3.8) is 0 Å². The van der Waals surface area contributed by atoms with E-state index in [1.807, 2.05) is 6.92 Å². The quantitative estimate of drug-likeness (QED) is 0.775. The van der Waals surface area contributed by atoms with Crippen LogP contribution in [-0.4, -0.2) is 24.4 Å². The first kappa shape index (κ1) is 15.9. The van der Waals surface area contributed by atoms with Crippen LogP contribution in [0.3, 0.4) is 0 Å². The molecule has 0 radical (unpaired) electrons. The molecule has 0 spiro atoms. The SMILES string of the molecule is CC(CCBr)CNC(=O)c1cccc(OC(F)F)c1. The Hall–Kier alpha value is -1.17. The summed E-state index contributed by atoms with van der Waals surface area (Å²) in [4.78, 5) is 11.8. The maximum absolute atomic E-state index is 12.1. The molecule has 0 saturated carbocycles. The molecule has 3 nitrogen and oxygen atoms in total. The molecule has 1 rings (SSSR count). The van der Waals surface area contributed by atoms with Crippen LogP contribution in [0.2, 0.25) is 0 Å². The zero-order valence-electron chi connectivity index (χ0n) is 10.5. The molecule has 0 fully saturated rings. The van der Waals surface area contributed by atoms with E-state index in [1.54, 1.807) is 6.07 Å². The Labute approximate surface area is 119 Å². The lowest BCUT2D eigenvalue weighted by atomic mass is 10.1. The van der Waals surface area contributed by atoms with E-state index in [2.05, 4.69) is 26.0 Å². The lowest BCUT2D eigenvalue weighted by Gasteiger charge is -2.11. The van der Waals surface area contributed by atoms with Gasteiger partial charge in [-0.25, -0.2) is 0 Å². The van der Waals surface area contributed by atoms with Crippen molar-refractivity contribution in [2.45, 2.75) is 20.0 Å². The third kappa shape index (κ3) is 6.00. The fourth-order valence-electron chi connectivity index (χ4n) is 1.47. The number of benzene rings is 1. The lowest BCUT2D eigenvalue weighted by molar-refractivity contribution is -0.0498. The number of amides is 1. The molecule has 1 atom stereocenters. The predicted octanol–water partition coefficient (Wildman–Crippen LogP) is 3.44. The molecule has 1 amide bonds. The number of hydrogen-bond donors (Lipinski definition) is 1. The Morgan fingerprint density at radius 1 is 1.47 bits per heavy atom. The molecule has 1 aromatic rings. The van der Waals surface area contributed by atoms with Gasteiger partial charge in [0.25, 0.3) is 5.91 Å². The molecule has 0 saturated heterocycles. The third-order valence-corrected chi connectivity index (χ3v) is 2.99. The van der Waals surface area contributed by atoms with Gasteiger partial charge in [-0.15, -0.1) is 0 Å². The Kier molecular flexibility index (Phi) is 6.77. The topological polar surface area (TPSA) is 38.3 Å². The van der Waals surface area contributed by atoms with Gasteiger partial charge in [-0.3, -0.25) is 4.79 Å². The molecule has 6 heteroatoms. The van der Waals surface area contributed by atoms with Crippen molar-refractivity contribution in [2.75, 3.05) is 11.9 Å². The molecule has 0 aromatic heterocycles. The fourth-order valence-corrected chi connectivity index (χ4v) is 2.25. The number of rotatable bonds is 7. The van der Waals surface area contributed by atoms with Crippen molar-refractivity contribution in [2.24, 2.45) is 5.92 Å². The summed E-state index contributed by atoms with van der Waals surface area (Å²) in [6, 6.07) is 5.75. The van der Waals surface area contributed by atoms with Crippen molar-refractivity contribution in [3.05, 3.63) is 29.8 Å². The van der Waals surface area contributed by atoms with E-state index in [4.69, 9.17) is 0 Å². The molecular formula is C13H16BrF2NO2. The Morgan fingerprint density at radius 3 is 2.84 bits per heavy atom. The number of hydrogen-bond acceptors (Lipinski definition) is 2. The van der Waals surface area contributed by atoms with E-state index >= 15 is 0 Å². The van der Waals surface area contributed by atoms with Crippen LogP contribution in [0.25, 0.3) is 0 Å². The van der Waals surface area contributed by atoms with Gasteiger partial charge in [-0.1, -0.05) is 28.9 Å². The highest BCUT2D eigenvalue weighted by Crippen LogP contribution is 2.16. The molecular weight excluding hydrogens is 320 g/mol. The monoisotopic (exact) mass is 335 g/mol. The van der Waals surface area contributed by atoms with Gasteiger partial charge >= 0.3 is 6.61 Å². The number of ether oxygens (including phenoxy) is 1. The Bertz CT molecular complexity index is 415. The largest absolute Gasteiger partial charge is 0.435 e. The number of carbonyl (C=O) groups excluding carboxylic acids is 1. The van der Waals surface area contributed by atoms with Crippen molar-refractivity contribution in [1.82, 2.24) is 5.32 Å². The highest BCUT2D eigenvalue weighted by atomic mass is 79.9. The van der Waals surface area contributed by atoms with E-state index in [9.17, 15) is 13.6 Å². The van der Waals surface area contributed by atoms with Gasteiger partial charge in [0.15, 0.2) is 0 Å². The predicted molar refractivity (Wildman–Crippen MR) is 73.0 cm³/mol. The van der Waals surface area contributed by atoms with E-state index < -0.39 is 6.61 Å². The van der Waals surface area contributed by atoms with Crippen LogP contribution >= 0.6 is 15.9 Å². The van der Waals surface area contributed by atoms with Crippen molar-refractivity contribution < 1.29 is 18.3 Å². The maximum atomic E-state index is 12.1. The Morgan fingerprint density at radius 2 is 2.21 bits per heavy atom. The zero-order valence-corrected chi connectivity index (χ0v) is 12.1. The number of carbonyl (C=O) groups is 1. The molecule has 1 aromatic carbocycles. The average molecular weight is 336 g/mol. The number of halogens is 3. The summed E-state index contributed by atoms with van der Waals surface area (Å²) in [5.41, 5.74) is 0.309. The second-order valence-electron chi connectivity index (χ2n) is 4.20. The van der Waals surface area contributed by atoms with Crippen molar-refractivity contribution >= 4 is 21.8 Å². The average Bonchev–Trinajstić information content (AvgIpc) is 2.36. The van der Waals surface area contributed by atoms with Gasteiger partial charge in [0.05, 0.1) is 0 Å². The molecule has 0 heterocycles. The van der Waals surface area contributed by atoms with Crippen LogP contribution < -0.4 is 10.1 Å². The first-order valence-electron chi connectivity index (χ1n) is 5.92. The smallest absolute Gasteiger partial charge is 0.387 e. The van der Waals surface area contributed by atoms with Crippen LogP contribution in [0, 0.1) is 5.92 Å². The zero-order chi connectivity index (χ0) is 14.3. The molecule has 19 heavy (non-hydrogen) atoms. The van der Waals surface area contributed by atoms with E-state index in [-0.39, 0.29) is 11.7 Å². The highest BCUT2D eigenvalue weighted by Gasteiger charge is 2.10. The molecule has 0 aliphatic heterocycles. The molecule has 0 bridgehead atoms. The van der Waals surface area contributed by atoms with Crippen LogP contribution in [0.1, 0.15) is 23.7 Å². The summed E-state index contributed by atoms with van der Waals surface area (Å²) in [7, 11) is 0. The van der Waals surface area contributed by atoms with Crippen LogP contribution in [0.4, 0.5) is 8.78 Å². The molecule has 1 N–H and O–H groups in total. The van der Waals surface area contributed by atoms with Crippen molar-refractivity contribution in [1.29, 1.82) is 0 Å². The highest BCUT2D eigenvalue weighted by molar-refractivity contribution is 9.09. The number of alkyl halides is 3. The third-order valence-electron chi connectivity index (χ3n) is 2.53. The van der Waals surface area contributed by atoms with Gasteiger partial charge in [0.2, 0.25) is 0 Å². The normalized spacial score (nSPS) is 12.3. The van der Waals surface area contributed by atoms with Crippen LogP contribution in [0.5, 0.6) is 5.75 Å². The molecule has 106 valence electrons. The van der Waals surface area contributed by atoms with Gasteiger partial charge in [-0.2, -0.15) is 8.78 Å². The van der Waals surface area contributed by atoms with Gasteiger partial charge in [-0.05, 0) is 30.5 Å². The summed E-state index contributed by atoms with van der Waals surface area (Å²) in [5.74, 6) is 0.0427. The lowest BCUT2D eigenvalue weighted by Crippen LogP contribution is -2.28. The fraction of sp³-hybridized carbons (Fsp3) is 0.462. The minimum Gasteiger partial charge on any atom is -0.435 e. The van der Waals surface area contributed by atoms with E-state index in [0.29, 0.717) is 18.0 Å². The standard InChI is InChI=1S/C13H16BrF2NO2/c1-9(5-6-14)8-17-12(18)10-3-2-4-11(7-10)19-13(15)16/h2-4,7,9,13H,5-6,8H2,1H3,(H,17,18). The first-order chi connectivity index (χ1) is 9.02. The summed E-state index contributed by atoms with van der Waals surface area (Å²) in [6.07, 6.45) is 0.953. The maximum Gasteiger partial charge on any atom is 0.387 e.